The predicted octanol–water partition coefficient (Wildman–Crippen LogP) is 3.13. The maximum absolute atomic E-state index is 12.8. The quantitative estimate of drug-likeness (QED) is 0.827. The molecule has 5 nitrogen and oxygen atoms in total. The molecule has 1 amide bonds. The number of aryl methyl sites for hydroxylation is 2. The van der Waals surface area contributed by atoms with Gasteiger partial charge < -0.3 is 10.6 Å². The second-order valence-corrected chi connectivity index (χ2v) is 7.73. The summed E-state index contributed by atoms with van der Waals surface area (Å²) in [6.07, 6.45) is 5.31. The number of halogens is 1. The van der Waals surface area contributed by atoms with Crippen LogP contribution in [0.15, 0.2) is 18.2 Å². The summed E-state index contributed by atoms with van der Waals surface area (Å²) in [5.41, 5.74) is 6.51. The number of hydrogen-bond acceptors (Lipinski definition) is 3. The summed E-state index contributed by atoms with van der Waals surface area (Å²) in [7, 11) is 0. The van der Waals surface area contributed by atoms with Crippen LogP contribution in [0.4, 0.5) is 0 Å². The van der Waals surface area contributed by atoms with Crippen LogP contribution >= 0.6 is 12.4 Å². The number of carbonyl (C=O) groups is 1. The van der Waals surface area contributed by atoms with Gasteiger partial charge in [0.15, 0.2) is 5.69 Å². The molecule has 27 heavy (non-hydrogen) atoms. The van der Waals surface area contributed by atoms with Crippen LogP contribution in [-0.4, -0.2) is 35.3 Å². The van der Waals surface area contributed by atoms with Crippen LogP contribution in [0.3, 0.4) is 0 Å². The van der Waals surface area contributed by atoms with Gasteiger partial charge in [-0.1, -0.05) is 17.7 Å². The van der Waals surface area contributed by atoms with Gasteiger partial charge in [0.2, 0.25) is 0 Å². The van der Waals surface area contributed by atoms with E-state index in [0.717, 1.165) is 56.6 Å². The standard InChI is InChI=1S/C21H28N4O.ClH/c1-14-6-7-18(15(2)12-14)25-19-5-3-4-17(19)20(24-25)21(26)23-11-9-16-8-10-22-13-16;/h6-7,12,16,22H,3-5,8-11,13H2,1-2H3,(H,23,26);1H. The van der Waals surface area contributed by atoms with E-state index in [-0.39, 0.29) is 18.3 Å². The highest BCUT2D eigenvalue weighted by Crippen LogP contribution is 2.29. The van der Waals surface area contributed by atoms with E-state index in [1.807, 2.05) is 4.68 Å². The summed E-state index contributed by atoms with van der Waals surface area (Å²) < 4.78 is 2.01. The number of aromatic nitrogens is 2. The molecule has 2 heterocycles. The van der Waals surface area contributed by atoms with Crippen molar-refractivity contribution in [2.45, 2.75) is 46.0 Å². The molecular formula is C21H29ClN4O. The molecule has 6 heteroatoms. The summed E-state index contributed by atoms with van der Waals surface area (Å²) in [5.74, 6) is 0.673. The van der Waals surface area contributed by atoms with Crippen LogP contribution in [0.2, 0.25) is 0 Å². The molecule has 1 atom stereocenters. The van der Waals surface area contributed by atoms with Crippen molar-refractivity contribution >= 4 is 18.3 Å². The zero-order valence-corrected chi connectivity index (χ0v) is 17.0. The van der Waals surface area contributed by atoms with Crippen LogP contribution in [0.25, 0.3) is 5.69 Å². The van der Waals surface area contributed by atoms with Gasteiger partial charge in [-0.3, -0.25) is 4.79 Å². The molecule has 1 aliphatic heterocycles. The third-order valence-corrected chi connectivity index (χ3v) is 5.73. The average molecular weight is 389 g/mol. The summed E-state index contributed by atoms with van der Waals surface area (Å²) in [6, 6.07) is 6.40. The van der Waals surface area contributed by atoms with Gasteiger partial charge in [-0.25, -0.2) is 4.68 Å². The Bertz CT molecular complexity index is 824. The van der Waals surface area contributed by atoms with E-state index in [1.165, 1.54) is 23.2 Å². The second kappa shape index (κ2) is 8.44. The number of amides is 1. The molecule has 1 fully saturated rings. The molecule has 1 aromatic carbocycles. The van der Waals surface area contributed by atoms with Crippen molar-refractivity contribution in [3.8, 4) is 5.69 Å². The van der Waals surface area contributed by atoms with Crippen molar-refractivity contribution in [2.75, 3.05) is 19.6 Å². The summed E-state index contributed by atoms with van der Waals surface area (Å²) in [6.45, 7) is 7.12. The average Bonchev–Trinajstić information content (AvgIpc) is 3.32. The lowest BCUT2D eigenvalue weighted by Gasteiger charge is -2.10. The van der Waals surface area contributed by atoms with E-state index in [0.29, 0.717) is 11.6 Å². The Hall–Kier alpha value is -1.85. The number of rotatable bonds is 5. The number of carbonyl (C=O) groups excluding carboxylic acids is 1. The smallest absolute Gasteiger partial charge is 0.272 e. The molecule has 1 saturated heterocycles. The maximum atomic E-state index is 12.8. The zero-order valence-electron chi connectivity index (χ0n) is 16.2. The minimum atomic E-state index is -0.0161. The van der Waals surface area contributed by atoms with Crippen molar-refractivity contribution < 1.29 is 4.79 Å². The van der Waals surface area contributed by atoms with E-state index < -0.39 is 0 Å². The van der Waals surface area contributed by atoms with Gasteiger partial charge in [-0.15, -0.1) is 12.4 Å². The molecule has 0 saturated carbocycles. The fourth-order valence-electron chi connectivity index (χ4n) is 4.30. The number of nitrogens with zero attached hydrogens (tertiary/aromatic N) is 2. The lowest BCUT2D eigenvalue weighted by atomic mass is 10.1. The van der Waals surface area contributed by atoms with Crippen molar-refractivity contribution in [1.82, 2.24) is 20.4 Å². The number of hydrogen-bond donors (Lipinski definition) is 2. The third kappa shape index (κ3) is 4.04. The topological polar surface area (TPSA) is 59.0 Å². The van der Waals surface area contributed by atoms with Crippen LogP contribution in [0, 0.1) is 19.8 Å². The molecule has 0 radical (unpaired) electrons. The first-order chi connectivity index (χ1) is 12.6. The highest BCUT2D eigenvalue weighted by molar-refractivity contribution is 5.94. The van der Waals surface area contributed by atoms with Gasteiger partial charge in [0.05, 0.1) is 5.69 Å². The molecule has 2 aromatic rings. The zero-order chi connectivity index (χ0) is 18.1. The minimum Gasteiger partial charge on any atom is -0.351 e. The fraction of sp³-hybridized carbons (Fsp3) is 0.524. The number of nitrogens with one attached hydrogen (secondary N) is 2. The Morgan fingerprint density at radius 1 is 1.33 bits per heavy atom. The second-order valence-electron chi connectivity index (χ2n) is 7.73. The molecule has 2 N–H and O–H groups in total. The lowest BCUT2D eigenvalue weighted by Crippen LogP contribution is -2.27. The van der Waals surface area contributed by atoms with Gasteiger partial charge in [0, 0.05) is 17.8 Å². The van der Waals surface area contributed by atoms with E-state index in [4.69, 9.17) is 5.10 Å². The van der Waals surface area contributed by atoms with Gasteiger partial charge in [-0.2, -0.15) is 5.10 Å². The van der Waals surface area contributed by atoms with Crippen LogP contribution in [0.5, 0.6) is 0 Å². The normalized spacial score (nSPS) is 18.2. The van der Waals surface area contributed by atoms with Crippen LogP contribution in [0.1, 0.15) is 52.1 Å². The fourth-order valence-corrected chi connectivity index (χ4v) is 4.30. The van der Waals surface area contributed by atoms with Gasteiger partial charge in [-0.05, 0) is 76.6 Å². The SMILES string of the molecule is Cc1ccc(-n2nc(C(=O)NCCC3CCNC3)c3c2CCC3)c(C)c1.Cl. The first kappa shape index (κ1) is 19.9. The van der Waals surface area contributed by atoms with Crippen molar-refractivity contribution in [1.29, 1.82) is 0 Å². The largest absolute Gasteiger partial charge is 0.351 e. The third-order valence-electron chi connectivity index (χ3n) is 5.73. The molecule has 1 aliphatic carbocycles. The molecule has 1 unspecified atom stereocenters. The highest BCUT2D eigenvalue weighted by Gasteiger charge is 2.27. The van der Waals surface area contributed by atoms with E-state index in [2.05, 4.69) is 42.7 Å². The summed E-state index contributed by atoms with van der Waals surface area (Å²) >= 11 is 0. The maximum Gasteiger partial charge on any atom is 0.272 e. The Labute approximate surface area is 167 Å². The molecule has 146 valence electrons. The van der Waals surface area contributed by atoms with E-state index in [1.54, 1.807) is 0 Å². The Morgan fingerprint density at radius 2 is 2.19 bits per heavy atom. The highest BCUT2D eigenvalue weighted by atomic mass is 35.5. The first-order valence-corrected chi connectivity index (χ1v) is 9.81. The van der Waals surface area contributed by atoms with E-state index in [9.17, 15) is 4.79 Å². The predicted molar refractivity (Wildman–Crippen MR) is 110 cm³/mol. The summed E-state index contributed by atoms with van der Waals surface area (Å²) in [4.78, 5) is 12.8. The molecule has 4 rings (SSSR count). The minimum absolute atomic E-state index is 0. The van der Waals surface area contributed by atoms with Gasteiger partial charge in [0.25, 0.3) is 5.91 Å². The van der Waals surface area contributed by atoms with Crippen molar-refractivity contribution in [3.63, 3.8) is 0 Å². The van der Waals surface area contributed by atoms with Crippen molar-refractivity contribution in [2.24, 2.45) is 5.92 Å². The Balaban J connectivity index is 0.00000210. The molecule has 1 aromatic heterocycles. The van der Waals surface area contributed by atoms with Crippen LogP contribution < -0.4 is 10.6 Å². The lowest BCUT2D eigenvalue weighted by molar-refractivity contribution is 0.0945. The molecular weight excluding hydrogens is 360 g/mol. The Kier molecular flexibility index (Phi) is 6.22. The number of fused-ring (bicyclic) bond motifs is 1. The van der Waals surface area contributed by atoms with Gasteiger partial charge in [0.1, 0.15) is 0 Å². The molecule has 0 bridgehead atoms. The molecule has 0 spiro atoms. The first-order valence-electron chi connectivity index (χ1n) is 9.81. The number of benzene rings is 1. The summed E-state index contributed by atoms with van der Waals surface area (Å²) in [5, 5.41) is 11.2. The van der Waals surface area contributed by atoms with Gasteiger partial charge >= 0.3 is 0 Å². The van der Waals surface area contributed by atoms with Crippen molar-refractivity contribution in [3.05, 3.63) is 46.3 Å². The van der Waals surface area contributed by atoms with E-state index >= 15 is 0 Å². The monoisotopic (exact) mass is 388 g/mol. The van der Waals surface area contributed by atoms with Crippen LogP contribution in [-0.2, 0) is 12.8 Å². The molecule has 2 aliphatic rings. The Morgan fingerprint density at radius 3 is 2.93 bits per heavy atom.